The summed E-state index contributed by atoms with van der Waals surface area (Å²) in [6, 6.07) is 63.3. The lowest BCUT2D eigenvalue weighted by Gasteiger charge is -2.28. The minimum atomic E-state index is 0.562. The van der Waals surface area contributed by atoms with Crippen LogP contribution in [0, 0.1) is 0 Å². The highest BCUT2D eigenvalue weighted by Crippen LogP contribution is 2.49. The molecule has 4 nitrogen and oxygen atoms in total. The van der Waals surface area contributed by atoms with Crippen LogP contribution in [0.2, 0.25) is 0 Å². The maximum absolute atomic E-state index is 6.55. The zero-order valence-electron chi connectivity index (χ0n) is 27.5. The summed E-state index contributed by atoms with van der Waals surface area (Å²) < 4.78 is 13.1. The molecule has 0 bridgehead atoms. The van der Waals surface area contributed by atoms with E-state index in [9.17, 15) is 0 Å². The Morgan fingerprint density at radius 2 is 1.10 bits per heavy atom. The number of aromatic nitrogens is 1. The molecule has 240 valence electrons. The average Bonchev–Trinajstić information content (AvgIpc) is 3.80. The molecule has 8 aromatic carbocycles. The maximum atomic E-state index is 6.55. The Morgan fingerprint density at radius 3 is 1.92 bits per heavy atom. The van der Waals surface area contributed by atoms with Gasteiger partial charge in [0, 0.05) is 28.3 Å². The summed E-state index contributed by atoms with van der Waals surface area (Å²) in [5.41, 5.74) is 11.3. The number of oxazole rings is 1. The first kappa shape index (κ1) is 29.0. The first-order valence-electron chi connectivity index (χ1n) is 17.1. The summed E-state index contributed by atoms with van der Waals surface area (Å²) in [7, 11) is 0. The highest BCUT2D eigenvalue weighted by molar-refractivity contribution is 6.21. The fraction of sp³-hybridized carbons (Fsp3) is 0. The smallest absolute Gasteiger partial charge is 0.227 e. The molecule has 10 aromatic rings. The van der Waals surface area contributed by atoms with Crippen LogP contribution in [0.5, 0.6) is 0 Å². The first-order chi connectivity index (χ1) is 25.3. The number of anilines is 3. The van der Waals surface area contributed by atoms with Gasteiger partial charge in [-0.25, -0.2) is 4.98 Å². The van der Waals surface area contributed by atoms with Gasteiger partial charge in [-0.15, -0.1) is 0 Å². The van der Waals surface area contributed by atoms with E-state index < -0.39 is 0 Å². The Labute approximate surface area is 294 Å². The van der Waals surface area contributed by atoms with Crippen molar-refractivity contribution in [2.75, 3.05) is 4.90 Å². The number of benzene rings is 8. The Morgan fingerprint density at radius 1 is 0.431 bits per heavy atom. The molecule has 0 saturated carbocycles. The average molecular weight is 655 g/mol. The highest BCUT2D eigenvalue weighted by atomic mass is 16.4. The molecule has 0 N–H and O–H groups in total. The Hall–Kier alpha value is -6.91. The molecule has 0 radical (unpaired) electrons. The van der Waals surface area contributed by atoms with Gasteiger partial charge in [-0.2, -0.15) is 0 Å². The predicted molar refractivity (Wildman–Crippen MR) is 210 cm³/mol. The fourth-order valence-electron chi connectivity index (χ4n) is 7.26. The molecule has 0 aliphatic carbocycles. The third-order valence-electron chi connectivity index (χ3n) is 9.68. The van der Waals surface area contributed by atoms with Gasteiger partial charge in [0.2, 0.25) is 5.89 Å². The van der Waals surface area contributed by atoms with Crippen LogP contribution in [0.15, 0.2) is 191 Å². The van der Waals surface area contributed by atoms with E-state index in [1.54, 1.807) is 0 Å². The van der Waals surface area contributed by atoms with Gasteiger partial charge >= 0.3 is 0 Å². The number of fused-ring (bicyclic) bond motifs is 5. The predicted octanol–water partition coefficient (Wildman–Crippen LogP) is 13.4. The summed E-state index contributed by atoms with van der Waals surface area (Å²) in [6.45, 7) is 0. The quantitative estimate of drug-likeness (QED) is 0.179. The van der Waals surface area contributed by atoms with Gasteiger partial charge in [0.1, 0.15) is 16.7 Å². The first-order valence-corrected chi connectivity index (χ1v) is 17.1. The summed E-state index contributed by atoms with van der Waals surface area (Å²) in [6.07, 6.45) is 0. The van der Waals surface area contributed by atoms with Crippen LogP contribution >= 0.6 is 0 Å². The minimum Gasteiger partial charge on any atom is -0.456 e. The van der Waals surface area contributed by atoms with E-state index in [4.69, 9.17) is 13.8 Å². The Balaban J connectivity index is 1.26. The molecule has 0 fully saturated rings. The van der Waals surface area contributed by atoms with Crippen LogP contribution in [-0.2, 0) is 0 Å². The van der Waals surface area contributed by atoms with Crippen molar-refractivity contribution in [3.05, 3.63) is 182 Å². The number of furan rings is 1. The molecule has 10 rings (SSSR count). The lowest BCUT2D eigenvalue weighted by atomic mass is 9.99. The molecule has 2 aromatic heterocycles. The molecule has 0 aliphatic rings. The number of para-hydroxylation sites is 2. The summed E-state index contributed by atoms with van der Waals surface area (Å²) in [5.74, 6) is 0.562. The van der Waals surface area contributed by atoms with Crippen molar-refractivity contribution in [3.8, 4) is 33.7 Å². The standard InChI is InChI=1S/C47H30N2O2/c1-3-14-33(15-4-1)38-19-9-11-21-40(38)49(37-27-25-32(26-28-37)36-24-23-31-13-7-8-18-35(31)29-36)46-44-39-20-10-12-22-41(39)50-42(44)30-43-45(46)48-47(51-43)34-16-5-2-6-17-34/h1-30H. The molecule has 51 heavy (non-hydrogen) atoms. The second-order valence-corrected chi connectivity index (χ2v) is 12.8. The minimum absolute atomic E-state index is 0.562. The third-order valence-corrected chi connectivity index (χ3v) is 9.68. The van der Waals surface area contributed by atoms with Crippen LogP contribution in [0.4, 0.5) is 17.1 Å². The topological polar surface area (TPSA) is 42.4 Å². The molecule has 2 heterocycles. The number of hydrogen-bond donors (Lipinski definition) is 0. The van der Waals surface area contributed by atoms with Crippen molar-refractivity contribution in [3.63, 3.8) is 0 Å². The number of rotatable bonds is 6. The number of nitrogens with zero attached hydrogens (tertiary/aromatic N) is 2. The zero-order valence-corrected chi connectivity index (χ0v) is 27.5. The molecule has 0 unspecified atom stereocenters. The van der Waals surface area contributed by atoms with Gasteiger partial charge < -0.3 is 13.7 Å². The SMILES string of the molecule is c1ccc(-c2nc3c(N(c4ccc(-c5ccc6ccccc6c5)cc4)c4ccccc4-c4ccccc4)c4c(cc3o2)oc2ccccc24)cc1. The van der Waals surface area contributed by atoms with Crippen LogP contribution in [0.25, 0.3) is 77.5 Å². The van der Waals surface area contributed by atoms with Gasteiger partial charge in [0.15, 0.2) is 5.58 Å². The van der Waals surface area contributed by atoms with Gasteiger partial charge in [-0.1, -0.05) is 133 Å². The van der Waals surface area contributed by atoms with Crippen molar-refractivity contribution < 1.29 is 8.83 Å². The Kier molecular flexibility index (Phi) is 6.78. The summed E-state index contributed by atoms with van der Waals surface area (Å²) in [5, 5.41) is 4.45. The van der Waals surface area contributed by atoms with E-state index >= 15 is 0 Å². The molecular weight excluding hydrogens is 625 g/mol. The van der Waals surface area contributed by atoms with Crippen LogP contribution in [0.3, 0.4) is 0 Å². The molecule has 4 heteroatoms. The molecule has 0 amide bonds. The fourth-order valence-corrected chi connectivity index (χ4v) is 7.26. The van der Waals surface area contributed by atoms with Gasteiger partial charge in [0.05, 0.1) is 16.8 Å². The third kappa shape index (κ3) is 4.96. The maximum Gasteiger partial charge on any atom is 0.227 e. The van der Waals surface area contributed by atoms with E-state index in [2.05, 4.69) is 138 Å². The lowest BCUT2D eigenvalue weighted by Crippen LogP contribution is -2.12. The monoisotopic (exact) mass is 654 g/mol. The van der Waals surface area contributed by atoms with E-state index in [0.717, 1.165) is 66.8 Å². The van der Waals surface area contributed by atoms with E-state index in [1.165, 1.54) is 16.3 Å². The van der Waals surface area contributed by atoms with Crippen molar-refractivity contribution >= 4 is 60.9 Å². The highest BCUT2D eigenvalue weighted by Gasteiger charge is 2.27. The van der Waals surface area contributed by atoms with E-state index in [-0.39, 0.29) is 0 Å². The lowest BCUT2D eigenvalue weighted by molar-refractivity contribution is 0.617. The van der Waals surface area contributed by atoms with Crippen molar-refractivity contribution in [2.24, 2.45) is 0 Å². The van der Waals surface area contributed by atoms with Crippen LogP contribution in [0.1, 0.15) is 0 Å². The van der Waals surface area contributed by atoms with Crippen LogP contribution < -0.4 is 4.90 Å². The second-order valence-electron chi connectivity index (χ2n) is 12.8. The largest absolute Gasteiger partial charge is 0.456 e. The molecule has 0 spiro atoms. The second kappa shape index (κ2) is 11.9. The molecule has 0 saturated heterocycles. The molecule has 0 atom stereocenters. The van der Waals surface area contributed by atoms with Gasteiger partial charge in [0.25, 0.3) is 0 Å². The van der Waals surface area contributed by atoms with Crippen molar-refractivity contribution in [1.82, 2.24) is 4.98 Å². The molecular formula is C47H30N2O2. The summed E-state index contributed by atoms with van der Waals surface area (Å²) in [4.78, 5) is 7.57. The normalized spacial score (nSPS) is 11.5. The number of hydrogen-bond acceptors (Lipinski definition) is 4. The van der Waals surface area contributed by atoms with Gasteiger partial charge in [-0.05, 0) is 69.9 Å². The van der Waals surface area contributed by atoms with Crippen LogP contribution in [-0.4, -0.2) is 4.98 Å². The van der Waals surface area contributed by atoms with Gasteiger partial charge in [-0.3, -0.25) is 0 Å². The van der Waals surface area contributed by atoms with E-state index in [1.807, 2.05) is 48.5 Å². The molecule has 0 aliphatic heterocycles. The zero-order chi connectivity index (χ0) is 33.7. The summed E-state index contributed by atoms with van der Waals surface area (Å²) >= 11 is 0. The van der Waals surface area contributed by atoms with Crippen molar-refractivity contribution in [1.29, 1.82) is 0 Å². The van der Waals surface area contributed by atoms with E-state index in [0.29, 0.717) is 11.5 Å². The Bertz CT molecular complexity index is 2850. The van der Waals surface area contributed by atoms with Crippen molar-refractivity contribution in [2.45, 2.75) is 0 Å².